The van der Waals surface area contributed by atoms with Gasteiger partial charge in [-0.1, -0.05) is 26.7 Å². The number of carbonyl (C=O) groups excluding carboxylic acids is 1. The van der Waals surface area contributed by atoms with Crippen molar-refractivity contribution in [3.05, 3.63) is 17.8 Å². The fourth-order valence-corrected chi connectivity index (χ4v) is 4.15. The summed E-state index contributed by atoms with van der Waals surface area (Å²) in [6.07, 6.45) is 7.34. The largest absolute Gasteiger partial charge is 0.447 e. The van der Waals surface area contributed by atoms with Crippen molar-refractivity contribution in [1.82, 2.24) is 10.3 Å². The van der Waals surface area contributed by atoms with Crippen molar-refractivity contribution < 1.29 is 13.9 Å². The van der Waals surface area contributed by atoms with E-state index in [1.54, 1.807) is 0 Å². The van der Waals surface area contributed by atoms with Crippen molar-refractivity contribution in [3.8, 4) is 0 Å². The van der Waals surface area contributed by atoms with E-state index in [2.05, 4.69) is 10.3 Å². The molecular formula is C17H26N2O3. The smallest absolute Gasteiger partial charge is 0.273 e. The third kappa shape index (κ3) is 2.45. The summed E-state index contributed by atoms with van der Waals surface area (Å²) >= 11 is 0. The second kappa shape index (κ2) is 6.03. The van der Waals surface area contributed by atoms with E-state index in [-0.39, 0.29) is 23.3 Å². The molecule has 2 atom stereocenters. The third-order valence-corrected chi connectivity index (χ3v) is 5.33. The Morgan fingerprint density at radius 2 is 2.23 bits per heavy atom. The van der Waals surface area contributed by atoms with Gasteiger partial charge in [0.2, 0.25) is 0 Å². The summed E-state index contributed by atoms with van der Waals surface area (Å²) in [6.45, 7) is 6.79. The van der Waals surface area contributed by atoms with E-state index in [1.165, 1.54) is 19.2 Å². The topological polar surface area (TPSA) is 64.4 Å². The first-order valence-corrected chi connectivity index (χ1v) is 8.44. The summed E-state index contributed by atoms with van der Waals surface area (Å²) in [5, 5.41) is 3.19. The molecule has 0 radical (unpaired) electrons. The van der Waals surface area contributed by atoms with Gasteiger partial charge in [0.25, 0.3) is 5.91 Å². The lowest BCUT2D eigenvalue weighted by Gasteiger charge is -2.54. The van der Waals surface area contributed by atoms with Crippen molar-refractivity contribution in [2.45, 2.75) is 70.9 Å². The van der Waals surface area contributed by atoms with Crippen molar-refractivity contribution in [3.63, 3.8) is 0 Å². The van der Waals surface area contributed by atoms with Gasteiger partial charge in [-0.25, -0.2) is 4.98 Å². The number of nitrogens with zero attached hydrogens (tertiary/aromatic N) is 1. The minimum Gasteiger partial charge on any atom is -0.447 e. The Hall–Kier alpha value is -1.36. The molecule has 1 heterocycles. The molecule has 2 aliphatic rings. The van der Waals surface area contributed by atoms with E-state index in [0.717, 1.165) is 25.9 Å². The Morgan fingerprint density at radius 1 is 1.50 bits per heavy atom. The number of carbonyl (C=O) groups is 1. The lowest BCUT2D eigenvalue weighted by atomic mass is 9.60. The lowest BCUT2D eigenvalue weighted by Crippen LogP contribution is -2.63. The highest BCUT2D eigenvalue weighted by Gasteiger charge is 2.57. The van der Waals surface area contributed by atoms with Gasteiger partial charge in [0.15, 0.2) is 12.1 Å². The molecule has 1 N–H and O–H groups in total. The zero-order valence-corrected chi connectivity index (χ0v) is 13.7. The van der Waals surface area contributed by atoms with Gasteiger partial charge in [0.05, 0.1) is 6.10 Å². The Bertz CT molecular complexity index is 532. The minimum atomic E-state index is -0.108. The average Bonchev–Trinajstić information content (AvgIpc) is 3.16. The molecule has 0 unspecified atom stereocenters. The number of hydrogen-bond acceptors (Lipinski definition) is 4. The molecule has 5 heteroatoms. The summed E-state index contributed by atoms with van der Waals surface area (Å²) in [5.74, 6) is 0.712. The summed E-state index contributed by atoms with van der Waals surface area (Å²) in [7, 11) is 0. The number of rotatable bonds is 5. The Morgan fingerprint density at radius 3 is 2.86 bits per heavy atom. The average molecular weight is 306 g/mol. The molecule has 122 valence electrons. The molecule has 2 aliphatic carbocycles. The van der Waals surface area contributed by atoms with Crippen LogP contribution in [0.25, 0.3) is 0 Å². The first-order chi connectivity index (χ1) is 10.6. The van der Waals surface area contributed by atoms with Crippen LogP contribution < -0.4 is 5.32 Å². The first-order valence-electron chi connectivity index (χ1n) is 8.44. The molecule has 1 aromatic heterocycles. The molecule has 0 aliphatic heterocycles. The maximum absolute atomic E-state index is 12.6. The second-order valence-electron chi connectivity index (χ2n) is 6.87. The van der Waals surface area contributed by atoms with E-state index in [1.807, 2.05) is 20.8 Å². The summed E-state index contributed by atoms with van der Waals surface area (Å²) in [5.41, 5.74) is 0.580. The molecule has 0 aromatic carbocycles. The number of amides is 1. The number of aromatic nitrogens is 1. The Balaban J connectivity index is 1.70. The van der Waals surface area contributed by atoms with Crippen molar-refractivity contribution in [1.29, 1.82) is 0 Å². The fraction of sp³-hybridized carbons (Fsp3) is 0.765. The van der Waals surface area contributed by atoms with Gasteiger partial charge in [-0.15, -0.1) is 0 Å². The highest BCUT2D eigenvalue weighted by Crippen LogP contribution is 2.54. The van der Waals surface area contributed by atoms with Crippen LogP contribution in [0.5, 0.6) is 0 Å². The molecule has 0 bridgehead atoms. The Kier molecular flexibility index (Phi) is 4.26. The quantitative estimate of drug-likeness (QED) is 0.907. The second-order valence-corrected chi connectivity index (χ2v) is 6.87. The number of hydrogen-bond donors (Lipinski definition) is 1. The van der Waals surface area contributed by atoms with E-state index >= 15 is 0 Å². The maximum atomic E-state index is 12.6. The normalized spacial score (nSPS) is 26.4. The SMILES string of the molecule is CCO[C@H]1C[C@@H](NC(=O)c2ncoc2C(C)C)C12CCCC2. The fourth-order valence-electron chi connectivity index (χ4n) is 4.15. The lowest BCUT2D eigenvalue weighted by molar-refractivity contribution is -0.127. The number of oxazole rings is 1. The molecule has 2 saturated carbocycles. The predicted molar refractivity (Wildman–Crippen MR) is 82.8 cm³/mol. The molecule has 1 spiro atoms. The van der Waals surface area contributed by atoms with Crippen LogP contribution in [0.4, 0.5) is 0 Å². The minimum absolute atomic E-state index is 0.108. The summed E-state index contributed by atoms with van der Waals surface area (Å²) in [6, 6.07) is 0.204. The van der Waals surface area contributed by atoms with E-state index in [4.69, 9.17) is 9.15 Å². The number of ether oxygens (including phenoxy) is 1. The van der Waals surface area contributed by atoms with E-state index in [9.17, 15) is 4.79 Å². The van der Waals surface area contributed by atoms with E-state index in [0.29, 0.717) is 17.6 Å². The van der Waals surface area contributed by atoms with E-state index < -0.39 is 0 Å². The highest BCUT2D eigenvalue weighted by atomic mass is 16.5. The monoisotopic (exact) mass is 306 g/mol. The van der Waals surface area contributed by atoms with Crippen molar-refractivity contribution in [2.75, 3.05) is 6.61 Å². The van der Waals surface area contributed by atoms with Gasteiger partial charge in [0.1, 0.15) is 5.76 Å². The molecule has 2 fully saturated rings. The first kappa shape index (κ1) is 15.5. The van der Waals surface area contributed by atoms with Crippen LogP contribution in [-0.2, 0) is 4.74 Å². The van der Waals surface area contributed by atoms with Crippen LogP contribution in [0.3, 0.4) is 0 Å². The van der Waals surface area contributed by atoms with Crippen LogP contribution in [-0.4, -0.2) is 29.6 Å². The Labute approximate surface area is 131 Å². The van der Waals surface area contributed by atoms with Crippen LogP contribution in [0, 0.1) is 5.41 Å². The molecule has 22 heavy (non-hydrogen) atoms. The molecular weight excluding hydrogens is 280 g/mol. The van der Waals surface area contributed by atoms with Crippen LogP contribution in [0.15, 0.2) is 10.8 Å². The molecule has 0 saturated heterocycles. The van der Waals surface area contributed by atoms with Crippen molar-refractivity contribution >= 4 is 5.91 Å². The third-order valence-electron chi connectivity index (χ3n) is 5.33. The van der Waals surface area contributed by atoms with Crippen LogP contribution in [0.2, 0.25) is 0 Å². The molecule has 3 rings (SSSR count). The number of nitrogens with one attached hydrogen (secondary N) is 1. The van der Waals surface area contributed by atoms with Crippen LogP contribution in [0.1, 0.15) is 75.0 Å². The van der Waals surface area contributed by atoms with Crippen LogP contribution >= 0.6 is 0 Å². The predicted octanol–water partition coefficient (Wildman–Crippen LogP) is 3.27. The summed E-state index contributed by atoms with van der Waals surface area (Å²) < 4.78 is 11.3. The zero-order valence-electron chi connectivity index (χ0n) is 13.7. The zero-order chi connectivity index (χ0) is 15.7. The molecule has 1 aromatic rings. The van der Waals surface area contributed by atoms with Gasteiger partial charge < -0.3 is 14.5 Å². The van der Waals surface area contributed by atoms with Crippen molar-refractivity contribution in [2.24, 2.45) is 5.41 Å². The standard InChI is InChI=1S/C17H26N2O3/c1-4-21-13-9-12(17(13)7-5-6-8-17)19-16(20)14-15(11(2)3)22-10-18-14/h10-13H,4-9H2,1-3H3,(H,19,20)/t12-,13+/m1/s1. The highest BCUT2D eigenvalue weighted by molar-refractivity contribution is 5.93. The molecule has 1 amide bonds. The van der Waals surface area contributed by atoms with Gasteiger partial charge in [0, 0.05) is 24.0 Å². The van der Waals surface area contributed by atoms with Gasteiger partial charge in [-0.05, 0) is 26.2 Å². The maximum Gasteiger partial charge on any atom is 0.273 e. The molecule has 5 nitrogen and oxygen atoms in total. The summed E-state index contributed by atoms with van der Waals surface area (Å²) in [4.78, 5) is 16.7. The van der Waals surface area contributed by atoms with Gasteiger partial charge >= 0.3 is 0 Å². The van der Waals surface area contributed by atoms with Gasteiger partial charge in [-0.3, -0.25) is 4.79 Å². The van der Waals surface area contributed by atoms with Gasteiger partial charge in [-0.2, -0.15) is 0 Å².